The zero-order valence-electron chi connectivity index (χ0n) is 23.5. The fourth-order valence-electron chi connectivity index (χ4n) is 4.87. The Morgan fingerprint density at radius 1 is 1.12 bits per heavy atom. The van der Waals surface area contributed by atoms with E-state index in [0.717, 1.165) is 16.5 Å². The first kappa shape index (κ1) is 28.2. The summed E-state index contributed by atoms with van der Waals surface area (Å²) >= 11 is 0. The number of nitrogens with two attached hydrogens (primary N) is 1. The van der Waals surface area contributed by atoms with Crippen molar-refractivity contribution in [1.82, 2.24) is 24.4 Å². The van der Waals surface area contributed by atoms with Crippen LogP contribution in [0.1, 0.15) is 29.0 Å². The molecule has 1 amide bonds. The molecule has 4 N–H and O–H groups in total. The average Bonchev–Trinajstić information content (AvgIpc) is 3.01. The molecule has 1 atom stereocenters. The molecule has 0 fully saturated rings. The third-order valence-electron chi connectivity index (χ3n) is 6.96. The number of pyridine rings is 2. The van der Waals surface area contributed by atoms with Crippen LogP contribution < -0.4 is 21.3 Å². The van der Waals surface area contributed by atoms with E-state index in [0.29, 0.717) is 22.6 Å². The van der Waals surface area contributed by atoms with Gasteiger partial charge in [-0.2, -0.15) is 4.98 Å². The molecule has 0 aliphatic heterocycles. The van der Waals surface area contributed by atoms with Gasteiger partial charge in [0.05, 0.1) is 25.1 Å². The summed E-state index contributed by atoms with van der Waals surface area (Å²) in [4.78, 5) is 41.4. The number of ether oxygens (including phenoxy) is 1. The van der Waals surface area contributed by atoms with E-state index in [1.807, 2.05) is 67.6 Å². The maximum absolute atomic E-state index is 14.4. The summed E-state index contributed by atoms with van der Waals surface area (Å²) in [6, 6.07) is 20.1. The number of hydrogen-bond donors (Lipinski definition) is 3. The van der Waals surface area contributed by atoms with Crippen LogP contribution >= 0.6 is 0 Å². The second-order valence-corrected chi connectivity index (χ2v) is 9.71. The highest BCUT2D eigenvalue weighted by molar-refractivity contribution is 5.99. The van der Waals surface area contributed by atoms with Crippen molar-refractivity contribution in [2.75, 3.05) is 38.4 Å². The molecule has 0 saturated carbocycles. The number of rotatable bonds is 9. The Bertz CT molecular complexity index is 1810. The number of hydrogen-bond acceptors (Lipinski definition) is 9. The lowest BCUT2D eigenvalue weighted by Crippen LogP contribution is -2.31. The lowest BCUT2D eigenvalue weighted by molar-refractivity contribution is 0.0767. The van der Waals surface area contributed by atoms with Crippen molar-refractivity contribution in [2.24, 2.45) is 0 Å². The topological polar surface area (TPSA) is 148 Å². The van der Waals surface area contributed by atoms with Gasteiger partial charge in [-0.3, -0.25) is 14.2 Å². The number of aliphatic hydroxyl groups is 1. The lowest BCUT2D eigenvalue weighted by Gasteiger charge is -2.24. The number of benzene rings is 2. The van der Waals surface area contributed by atoms with Crippen molar-refractivity contribution in [1.29, 1.82) is 0 Å². The van der Waals surface area contributed by atoms with Gasteiger partial charge in [0.25, 0.3) is 11.5 Å². The summed E-state index contributed by atoms with van der Waals surface area (Å²) < 4.78 is 6.98. The summed E-state index contributed by atoms with van der Waals surface area (Å²) in [5.41, 5.74) is 8.74. The number of likely N-dealkylation sites (N-methyl/N-ethyl adjacent to an activating group) is 1. The van der Waals surface area contributed by atoms with Gasteiger partial charge in [-0.1, -0.05) is 36.4 Å². The molecular formula is C31H31N7O4. The van der Waals surface area contributed by atoms with Crippen LogP contribution in [-0.4, -0.2) is 62.7 Å². The molecule has 214 valence electrons. The zero-order chi connectivity index (χ0) is 29.8. The molecular weight excluding hydrogens is 534 g/mol. The number of para-hydroxylation sites is 1. The van der Waals surface area contributed by atoms with Gasteiger partial charge in [0, 0.05) is 43.4 Å². The van der Waals surface area contributed by atoms with Gasteiger partial charge in [-0.05, 0) is 47.7 Å². The Morgan fingerprint density at radius 2 is 1.90 bits per heavy atom. The molecule has 0 aliphatic rings. The molecule has 5 aromatic rings. The second kappa shape index (κ2) is 12.1. The predicted octanol–water partition coefficient (Wildman–Crippen LogP) is 3.67. The van der Waals surface area contributed by atoms with Gasteiger partial charge in [0.15, 0.2) is 0 Å². The van der Waals surface area contributed by atoms with E-state index in [4.69, 9.17) is 10.5 Å². The van der Waals surface area contributed by atoms with Gasteiger partial charge in [0.2, 0.25) is 11.8 Å². The van der Waals surface area contributed by atoms with Gasteiger partial charge in [-0.25, -0.2) is 9.97 Å². The first-order valence-corrected chi connectivity index (χ1v) is 13.3. The van der Waals surface area contributed by atoms with Gasteiger partial charge >= 0.3 is 0 Å². The molecule has 2 aromatic carbocycles. The van der Waals surface area contributed by atoms with Gasteiger partial charge < -0.3 is 25.8 Å². The quantitative estimate of drug-likeness (QED) is 0.243. The fraction of sp³-hybridized carbons (Fsp3) is 0.194. The molecule has 0 aliphatic carbocycles. The standard InChI is InChI=1S/C31H31N7O4/c1-19(35-28-24(18-34-31(32)36-28)29(40)37(2)14-15-39)25-16-21-8-7-11-23(20-12-13-33-26(17-20)42-3)27(21)30(41)38(25)22-9-5-4-6-10-22/h4-13,16-19,39H,14-15H2,1-3H3,(H3,32,34,35,36). The molecule has 1 unspecified atom stereocenters. The van der Waals surface area contributed by atoms with Crippen LogP contribution in [0.2, 0.25) is 0 Å². The van der Waals surface area contributed by atoms with Gasteiger partial charge in [-0.15, -0.1) is 0 Å². The van der Waals surface area contributed by atoms with Crippen LogP contribution in [-0.2, 0) is 0 Å². The van der Waals surface area contributed by atoms with E-state index in [9.17, 15) is 14.7 Å². The van der Waals surface area contributed by atoms with Crippen molar-refractivity contribution in [3.8, 4) is 22.7 Å². The highest BCUT2D eigenvalue weighted by Gasteiger charge is 2.23. The molecule has 0 spiro atoms. The number of carbonyl (C=O) groups is 1. The smallest absolute Gasteiger partial charge is 0.263 e. The maximum atomic E-state index is 14.4. The summed E-state index contributed by atoms with van der Waals surface area (Å²) in [5, 5.41) is 13.9. The van der Waals surface area contributed by atoms with E-state index in [-0.39, 0.29) is 41.9 Å². The lowest BCUT2D eigenvalue weighted by atomic mass is 9.98. The van der Waals surface area contributed by atoms with Crippen LogP contribution in [0.25, 0.3) is 27.6 Å². The molecule has 0 radical (unpaired) electrons. The Kier molecular flexibility index (Phi) is 8.12. The third kappa shape index (κ3) is 5.50. The number of aliphatic hydroxyl groups excluding tert-OH is 1. The van der Waals surface area contributed by atoms with Crippen LogP contribution in [0.3, 0.4) is 0 Å². The predicted molar refractivity (Wildman–Crippen MR) is 162 cm³/mol. The molecule has 5 rings (SSSR count). The maximum Gasteiger partial charge on any atom is 0.263 e. The van der Waals surface area contributed by atoms with Crippen LogP contribution in [0.15, 0.2) is 83.9 Å². The van der Waals surface area contributed by atoms with Crippen molar-refractivity contribution in [3.63, 3.8) is 0 Å². The largest absolute Gasteiger partial charge is 0.481 e. The summed E-state index contributed by atoms with van der Waals surface area (Å²) in [6.45, 7) is 1.83. The van der Waals surface area contributed by atoms with Crippen LogP contribution in [0, 0.1) is 0 Å². The zero-order valence-corrected chi connectivity index (χ0v) is 23.5. The third-order valence-corrected chi connectivity index (χ3v) is 6.96. The first-order valence-electron chi connectivity index (χ1n) is 13.3. The van der Waals surface area contributed by atoms with E-state index < -0.39 is 6.04 Å². The molecule has 3 heterocycles. The summed E-state index contributed by atoms with van der Waals surface area (Å²) in [7, 11) is 3.13. The first-order chi connectivity index (χ1) is 20.3. The second-order valence-electron chi connectivity index (χ2n) is 9.71. The number of methoxy groups -OCH3 is 1. The number of nitrogens with zero attached hydrogens (tertiary/aromatic N) is 5. The minimum atomic E-state index is -0.504. The van der Waals surface area contributed by atoms with Crippen LogP contribution in [0.5, 0.6) is 5.88 Å². The Hall–Kier alpha value is -5.29. The van der Waals surface area contributed by atoms with Gasteiger partial charge in [0.1, 0.15) is 11.4 Å². The van der Waals surface area contributed by atoms with Crippen molar-refractivity contribution >= 4 is 28.4 Å². The number of nitrogens with one attached hydrogen (secondary N) is 1. The number of aromatic nitrogens is 4. The highest BCUT2D eigenvalue weighted by Crippen LogP contribution is 2.31. The Morgan fingerprint density at radius 3 is 2.64 bits per heavy atom. The van der Waals surface area contributed by atoms with Crippen molar-refractivity contribution in [3.05, 3.63) is 101 Å². The number of carbonyl (C=O) groups excluding carboxylic acids is 1. The minimum Gasteiger partial charge on any atom is -0.481 e. The van der Waals surface area contributed by atoms with Crippen molar-refractivity contribution in [2.45, 2.75) is 13.0 Å². The summed E-state index contributed by atoms with van der Waals surface area (Å²) in [5.74, 6) is 0.272. The number of fused-ring (bicyclic) bond motifs is 1. The Labute approximate surface area is 242 Å². The molecule has 0 saturated heterocycles. The average molecular weight is 566 g/mol. The van der Waals surface area contributed by atoms with E-state index in [2.05, 4.69) is 20.3 Å². The monoisotopic (exact) mass is 565 g/mol. The minimum absolute atomic E-state index is 0.0116. The number of anilines is 2. The van der Waals surface area contributed by atoms with E-state index >= 15 is 0 Å². The highest BCUT2D eigenvalue weighted by atomic mass is 16.5. The molecule has 3 aromatic heterocycles. The molecule has 42 heavy (non-hydrogen) atoms. The summed E-state index contributed by atoms with van der Waals surface area (Å²) in [6.07, 6.45) is 3.00. The van der Waals surface area contributed by atoms with E-state index in [1.54, 1.807) is 31.0 Å². The van der Waals surface area contributed by atoms with E-state index in [1.165, 1.54) is 11.1 Å². The normalized spacial score (nSPS) is 11.7. The number of amides is 1. The fourth-order valence-corrected chi connectivity index (χ4v) is 4.87. The molecule has 0 bridgehead atoms. The molecule has 11 heteroatoms. The Balaban J connectivity index is 1.68. The number of nitrogen functional groups attached to an aromatic ring is 1. The SMILES string of the molecule is COc1cc(-c2cccc3cc(C(C)Nc4nc(N)ncc4C(=O)N(C)CCO)n(-c4ccccc4)c(=O)c23)ccn1. The molecule has 11 nitrogen and oxygen atoms in total. The van der Waals surface area contributed by atoms with Crippen LogP contribution in [0.4, 0.5) is 11.8 Å². The van der Waals surface area contributed by atoms with Crippen molar-refractivity contribution < 1.29 is 14.6 Å².